The van der Waals surface area contributed by atoms with Gasteiger partial charge >= 0.3 is 6.09 Å². The van der Waals surface area contributed by atoms with E-state index in [-0.39, 0.29) is 0 Å². The van der Waals surface area contributed by atoms with Gasteiger partial charge < -0.3 is 4.74 Å². The van der Waals surface area contributed by atoms with E-state index < -0.39 is 11.7 Å². The summed E-state index contributed by atoms with van der Waals surface area (Å²) in [6.07, 6.45) is 3.43. The molecule has 0 unspecified atom stereocenters. The van der Waals surface area contributed by atoms with E-state index in [1.165, 1.54) is 11.1 Å². The summed E-state index contributed by atoms with van der Waals surface area (Å²) in [4.78, 5) is 16.9. The molecule has 3 rings (SSSR count). The molecule has 0 saturated heterocycles. The summed E-state index contributed by atoms with van der Waals surface area (Å²) in [5, 5.41) is 5.11. The summed E-state index contributed by atoms with van der Waals surface area (Å²) < 4.78 is 6.70. The van der Waals surface area contributed by atoms with Crippen LogP contribution < -0.4 is 0 Å². The van der Waals surface area contributed by atoms with Gasteiger partial charge in [0.1, 0.15) is 5.60 Å². The Labute approximate surface area is 136 Å². The quantitative estimate of drug-likeness (QED) is 0.798. The fourth-order valence-electron chi connectivity index (χ4n) is 2.72. The zero-order valence-electron chi connectivity index (χ0n) is 14.2. The average molecular weight is 313 g/mol. The van der Waals surface area contributed by atoms with E-state index in [2.05, 4.69) is 23.1 Å². The molecule has 122 valence electrons. The third-order valence-corrected chi connectivity index (χ3v) is 3.94. The number of ether oxygens (including phenoxy) is 1. The maximum Gasteiger partial charge on any atom is 0.435 e. The van der Waals surface area contributed by atoms with Crippen LogP contribution in [0.5, 0.6) is 0 Å². The standard InChI is InChI=1S/C18H23N3O2/c1-12-5-7-15(19-10-12)13-6-8-16-14(9-13)11-20-21(16)17(22)23-18(2,3)4/h6,8-9,11-12H,5,7,10H2,1-4H3/t12-/m0/s1. The molecule has 5 heteroatoms. The maximum absolute atomic E-state index is 12.2. The monoisotopic (exact) mass is 313 g/mol. The molecule has 0 bridgehead atoms. The van der Waals surface area contributed by atoms with Gasteiger partial charge in [-0.2, -0.15) is 9.78 Å². The van der Waals surface area contributed by atoms with Gasteiger partial charge in [-0.3, -0.25) is 4.99 Å². The maximum atomic E-state index is 12.2. The van der Waals surface area contributed by atoms with E-state index in [4.69, 9.17) is 4.74 Å². The third kappa shape index (κ3) is 3.44. The predicted molar refractivity (Wildman–Crippen MR) is 91.2 cm³/mol. The topological polar surface area (TPSA) is 56.5 Å². The van der Waals surface area contributed by atoms with Crippen LogP contribution in [-0.4, -0.2) is 33.7 Å². The summed E-state index contributed by atoms with van der Waals surface area (Å²) in [7, 11) is 0. The predicted octanol–water partition coefficient (Wildman–Crippen LogP) is 4.04. The zero-order valence-corrected chi connectivity index (χ0v) is 14.2. The zero-order chi connectivity index (χ0) is 16.6. The van der Waals surface area contributed by atoms with Crippen LogP contribution >= 0.6 is 0 Å². The van der Waals surface area contributed by atoms with Crippen LogP contribution in [0.1, 0.15) is 46.1 Å². The van der Waals surface area contributed by atoms with Crippen LogP contribution in [0.2, 0.25) is 0 Å². The molecule has 1 aliphatic rings. The van der Waals surface area contributed by atoms with Crippen molar-refractivity contribution in [1.82, 2.24) is 9.78 Å². The summed E-state index contributed by atoms with van der Waals surface area (Å²) >= 11 is 0. The third-order valence-electron chi connectivity index (χ3n) is 3.94. The minimum absolute atomic E-state index is 0.455. The number of carbonyl (C=O) groups excluding carboxylic acids is 1. The second-order valence-electron chi connectivity index (χ2n) is 7.24. The Morgan fingerprint density at radius 3 is 2.78 bits per heavy atom. The Bertz CT molecular complexity index is 768. The van der Waals surface area contributed by atoms with Crippen molar-refractivity contribution >= 4 is 22.7 Å². The second kappa shape index (κ2) is 5.80. The molecular weight excluding hydrogens is 290 g/mol. The molecule has 1 aliphatic heterocycles. The lowest BCUT2D eigenvalue weighted by atomic mass is 9.95. The Balaban J connectivity index is 1.90. The molecule has 1 aromatic carbocycles. The number of nitrogens with zero attached hydrogens (tertiary/aromatic N) is 3. The van der Waals surface area contributed by atoms with E-state index in [9.17, 15) is 4.79 Å². The van der Waals surface area contributed by atoms with Gasteiger partial charge in [-0.15, -0.1) is 0 Å². The van der Waals surface area contributed by atoms with Gasteiger partial charge in [-0.05, 0) is 57.2 Å². The van der Waals surface area contributed by atoms with Crippen molar-refractivity contribution in [3.8, 4) is 0 Å². The number of rotatable bonds is 1. The first-order valence-corrected chi connectivity index (χ1v) is 8.08. The van der Waals surface area contributed by atoms with Gasteiger partial charge in [-0.25, -0.2) is 4.79 Å². The SMILES string of the molecule is C[C@H]1CCC(c2ccc3c(cnn3C(=O)OC(C)(C)C)c2)=NC1. The van der Waals surface area contributed by atoms with Crippen molar-refractivity contribution in [1.29, 1.82) is 0 Å². The highest BCUT2D eigenvalue weighted by Crippen LogP contribution is 2.22. The summed E-state index contributed by atoms with van der Waals surface area (Å²) in [5.41, 5.74) is 2.49. The number of carbonyl (C=O) groups is 1. The molecule has 2 heterocycles. The molecule has 0 spiro atoms. The largest absolute Gasteiger partial charge is 0.442 e. The van der Waals surface area contributed by atoms with Gasteiger partial charge in [0.25, 0.3) is 0 Å². The van der Waals surface area contributed by atoms with E-state index in [0.717, 1.165) is 35.1 Å². The fraction of sp³-hybridized carbons (Fsp3) is 0.500. The number of hydrogen-bond donors (Lipinski definition) is 0. The van der Waals surface area contributed by atoms with Crippen LogP contribution in [0.25, 0.3) is 10.9 Å². The van der Waals surface area contributed by atoms with E-state index in [1.54, 1.807) is 6.20 Å². The van der Waals surface area contributed by atoms with E-state index in [1.807, 2.05) is 32.9 Å². The summed E-state index contributed by atoms with van der Waals surface area (Å²) in [6.45, 7) is 8.66. The summed E-state index contributed by atoms with van der Waals surface area (Å²) in [5.74, 6) is 0.664. The molecule has 23 heavy (non-hydrogen) atoms. The van der Waals surface area contributed by atoms with Crippen molar-refractivity contribution in [2.45, 2.75) is 46.1 Å². The molecule has 1 atom stereocenters. The van der Waals surface area contributed by atoms with Crippen molar-refractivity contribution in [3.05, 3.63) is 30.0 Å². The molecule has 0 aliphatic carbocycles. The lowest BCUT2D eigenvalue weighted by molar-refractivity contribution is 0.0523. The molecule has 2 aromatic rings. The number of benzene rings is 1. The van der Waals surface area contributed by atoms with Crippen molar-refractivity contribution in [2.24, 2.45) is 10.9 Å². The van der Waals surface area contributed by atoms with Crippen LogP contribution in [0, 0.1) is 5.92 Å². The molecule has 0 amide bonds. The fourth-order valence-corrected chi connectivity index (χ4v) is 2.72. The van der Waals surface area contributed by atoms with E-state index in [0.29, 0.717) is 5.92 Å². The van der Waals surface area contributed by atoms with Crippen LogP contribution in [0.15, 0.2) is 29.4 Å². The smallest absolute Gasteiger partial charge is 0.435 e. The van der Waals surface area contributed by atoms with Gasteiger partial charge in [-0.1, -0.05) is 13.0 Å². The minimum atomic E-state index is -0.539. The Hall–Kier alpha value is -2.17. The van der Waals surface area contributed by atoms with Gasteiger partial charge in [0.15, 0.2) is 0 Å². The molecular formula is C18H23N3O2. The molecule has 1 aromatic heterocycles. The van der Waals surface area contributed by atoms with Crippen LogP contribution in [0.3, 0.4) is 0 Å². The van der Waals surface area contributed by atoms with Crippen molar-refractivity contribution in [2.75, 3.05) is 6.54 Å². The first kappa shape index (κ1) is 15.7. The van der Waals surface area contributed by atoms with Crippen LogP contribution in [-0.2, 0) is 4.74 Å². The van der Waals surface area contributed by atoms with Crippen molar-refractivity contribution in [3.63, 3.8) is 0 Å². The Kier molecular flexibility index (Phi) is 3.96. The highest BCUT2D eigenvalue weighted by Gasteiger charge is 2.20. The lowest BCUT2D eigenvalue weighted by Gasteiger charge is -2.19. The van der Waals surface area contributed by atoms with E-state index >= 15 is 0 Å². The number of aromatic nitrogens is 2. The Morgan fingerprint density at radius 2 is 2.13 bits per heavy atom. The first-order chi connectivity index (χ1) is 10.8. The molecule has 0 fully saturated rings. The molecule has 0 saturated carbocycles. The number of hydrogen-bond acceptors (Lipinski definition) is 4. The second-order valence-corrected chi connectivity index (χ2v) is 7.24. The lowest BCUT2D eigenvalue weighted by Crippen LogP contribution is -2.27. The minimum Gasteiger partial charge on any atom is -0.442 e. The normalized spacial score (nSPS) is 18.8. The highest BCUT2D eigenvalue weighted by atomic mass is 16.6. The van der Waals surface area contributed by atoms with Gasteiger partial charge in [0.2, 0.25) is 0 Å². The average Bonchev–Trinajstić information content (AvgIpc) is 2.89. The number of aliphatic imine (C=N–C) groups is 1. The highest BCUT2D eigenvalue weighted by molar-refractivity contribution is 6.04. The first-order valence-electron chi connectivity index (χ1n) is 8.08. The van der Waals surface area contributed by atoms with Gasteiger partial charge in [0.05, 0.1) is 11.7 Å². The van der Waals surface area contributed by atoms with Crippen molar-refractivity contribution < 1.29 is 9.53 Å². The Morgan fingerprint density at radius 1 is 1.35 bits per heavy atom. The number of fused-ring (bicyclic) bond motifs is 1. The molecule has 5 nitrogen and oxygen atoms in total. The van der Waals surface area contributed by atoms with Crippen LogP contribution in [0.4, 0.5) is 4.79 Å². The molecule has 0 N–H and O–H groups in total. The molecule has 0 radical (unpaired) electrons. The van der Waals surface area contributed by atoms with Gasteiger partial charge in [0, 0.05) is 17.6 Å². The summed E-state index contributed by atoms with van der Waals surface area (Å²) in [6, 6.07) is 5.99.